The van der Waals surface area contributed by atoms with Crippen molar-refractivity contribution in [3.8, 4) is 0 Å². The maximum atomic E-state index is 12.9. The molecule has 170 valence electrons. The average molecular weight is 476 g/mol. The number of nitrogens with zero attached hydrogens (tertiary/aromatic N) is 2. The summed E-state index contributed by atoms with van der Waals surface area (Å²) in [6, 6.07) is 8.29. The fourth-order valence-corrected chi connectivity index (χ4v) is 5.86. The standard InChI is InChI=1S/C21H25N5O4S2/c1-14(20(27)23-15-6-8-17-18(12-15)25-21(28)24-17)31-19-9-7-16(13-22-19)32(29,30)26-10-4-2-3-5-11-26/h6-9,12-14H,2-5,10-11H2,1H3,(H,23,27)(H2,24,25,28). The van der Waals surface area contributed by atoms with Gasteiger partial charge in [0.2, 0.25) is 15.9 Å². The van der Waals surface area contributed by atoms with E-state index in [9.17, 15) is 18.0 Å². The molecule has 0 radical (unpaired) electrons. The molecule has 4 rings (SSSR count). The molecule has 1 saturated heterocycles. The molecule has 3 N–H and O–H groups in total. The number of fused-ring (bicyclic) bond motifs is 1. The summed E-state index contributed by atoms with van der Waals surface area (Å²) in [7, 11) is -3.55. The molecule has 1 aromatic carbocycles. The van der Waals surface area contributed by atoms with Gasteiger partial charge >= 0.3 is 5.69 Å². The summed E-state index contributed by atoms with van der Waals surface area (Å²) < 4.78 is 27.3. The van der Waals surface area contributed by atoms with Crippen molar-refractivity contribution in [3.63, 3.8) is 0 Å². The number of pyridine rings is 1. The molecule has 32 heavy (non-hydrogen) atoms. The molecule has 0 saturated carbocycles. The number of hydrogen-bond acceptors (Lipinski definition) is 6. The number of aromatic amines is 2. The van der Waals surface area contributed by atoms with E-state index in [1.807, 2.05) is 0 Å². The molecular weight excluding hydrogens is 450 g/mol. The Morgan fingerprint density at radius 3 is 2.50 bits per heavy atom. The van der Waals surface area contributed by atoms with Gasteiger partial charge in [0.05, 0.1) is 21.3 Å². The van der Waals surface area contributed by atoms with Crippen LogP contribution in [-0.4, -0.2) is 51.9 Å². The van der Waals surface area contributed by atoms with Gasteiger partial charge in [-0.15, -0.1) is 0 Å². The van der Waals surface area contributed by atoms with Crippen LogP contribution in [0.2, 0.25) is 0 Å². The Kier molecular flexibility index (Phi) is 6.68. The van der Waals surface area contributed by atoms with Crippen LogP contribution in [-0.2, 0) is 14.8 Å². The van der Waals surface area contributed by atoms with Gasteiger partial charge in [-0.1, -0.05) is 24.6 Å². The van der Waals surface area contributed by atoms with Crippen LogP contribution in [0.4, 0.5) is 5.69 Å². The molecule has 1 aliphatic rings. The van der Waals surface area contributed by atoms with Crippen molar-refractivity contribution in [2.45, 2.75) is 47.8 Å². The van der Waals surface area contributed by atoms with Crippen LogP contribution in [0, 0.1) is 0 Å². The zero-order valence-corrected chi connectivity index (χ0v) is 19.3. The van der Waals surface area contributed by atoms with Crippen LogP contribution in [0.15, 0.2) is 51.2 Å². The fraction of sp³-hybridized carbons (Fsp3) is 0.381. The number of imidazole rings is 1. The Balaban J connectivity index is 1.39. The molecule has 0 bridgehead atoms. The topological polar surface area (TPSA) is 128 Å². The second-order valence-electron chi connectivity index (χ2n) is 7.74. The highest BCUT2D eigenvalue weighted by Crippen LogP contribution is 2.25. The van der Waals surface area contributed by atoms with Crippen molar-refractivity contribution in [1.82, 2.24) is 19.3 Å². The van der Waals surface area contributed by atoms with Crippen LogP contribution in [0.3, 0.4) is 0 Å². The Morgan fingerprint density at radius 2 is 1.81 bits per heavy atom. The summed E-state index contributed by atoms with van der Waals surface area (Å²) in [6.45, 7) is 2.83. The Hall–Kier alpha value is -2.63. The summed E-state index contributed by atoms with van der Waals surface area (Å²) in [5.41, 5.74) is 1.53. The van der Waals surface area contributed by atoms with E-state index in [4.69, 9.17) is 0 Å². The van der Waals surface area contributed by atoms with E-state index < -0.39 is 15.3 Å². The van der Waals surface area contributed by atoms with E-state index in [1.165, 1.54) is 22.3 Å². The lowest BCUT2D eigenvalue weighted by molar-refractivity contribution is -0.115. The van der Waals surface area contributed by atoms with E-state index in [2.05, 4.69) is 20.3 Å². The number of carbonyl (C=O) groups is 1. The number of hydrogen-bond donors (Lipinski definition) is 3. The van der Waals surface area contributed by atoms with Crippen molar-refractivity contribution in [2.75, 3.05) is 18.4 Å². The molecule has 1 amide bonds. The van der Waals surface area contributed by atoms with Gasteiger partial charge in [0.25, 0.3) is 0 Å². The highest BCUT2D eigenvalue weighted by molar-refractivity contribution is 8.00. The number of carbonyl (C=O) groups excluding carboxylic acids is 1. The summed E-state index contributed by atoms with van der Waals surface area (Å²) >= 11 is 1.24. The monoisotopic (exact) mass is 475 g/mol. The fourth-order valence-electron chi connectivity index (χ4n) is 3.61. The highest BCUT2D eigenvalue weighted by Gasteiger charge is 2.25. The average Bonchev–Trinajstić information content (AvgIpc) is 2.95. The predicted octanol–water partition coefficient (Wildman–Crippen LogP) is 2.94. The first-order chi connectivity index (χ1) is 15.3. The molecule has 1 unspecified atom stereocenters. The molecule has 11 heteroatoms. The van der Waals surface area contributed by atoms with Crippen LogP contribution in [0.5, 0.6) is 0 Å². The highest BCUT2D eigenvalue weighted by atomic mass is 32.2. The number of nitrogens with one attached hydrogen (secondary N) is 3. The predicted molar refractivity (Wildman–Crippen MR) is 124 cm³/mol. The van der Waals surface area contributed by atoms with Crippen LogP contribution in [0.25, 0.3) is 11.0 Å². The van der Waals surface area contributed by atoms with Gasteiger partial charge in [-0.3, -0.25) is 4.79 Å². The largest absolute Gasteiger partial charge is 0.325 e. The van der Waals surface area contributed by atoms with Gasteiger partial charge in [0.1, 0.15) is 4.90 Å². The maximum absolute atomic E-state index is 12.9. The molecule has 9 nitrogen and oxygen atoms in total. The first-order valence-electron chi connectivity index (χ1n) is 10.5. The van der Waals surface area contributed by atoms with Crippen molar-refractivity contribution in [3.05, 3.63) is 47.0 Å². The number of thioether (sulfide) groups is 1. The van der Waals surface area contributed by atoms with Crippen molar-refractivity contribution in [2.24, 2.45) is 0 Å². The number of aromatic nitrogens is 3. The second-order valence-corrected chi connectivity index (χ2v) is 11.0. The van der Waals surface area contributed by atoms with Gasteiger partial charge in [0, 0.05) is 25.0 Å². The summed E-state index contributed by atoms with van der Waals surface area (Å²) in [5, 5.41) is 2.92. The lowest BCUT2D eigenvalue weighted by Gasteiger charge is -2.19. The first-order valence-corrected chi connectivity index (χ1v) is 12.8. The molecule has 3 aromatic rings. The summed E-state index contributed by atoms with van der Waals surface area (Å²) in [6.07, 6.45) is 5.22. The number of amides is 1. The van der Waals surface area contributed by atoms with Crippen LogP contribution < -0.4 is 11.0 Å². The Labute approximate surface area is 190 Å². The molecule has 1 aliphatic heterocycles. The van der Waals surface area contributed by atoms with E-state index in [1.54, 1.807) is 37.3 Å². The van der Waals surface area contributed by atoms with Gasteiger partial charge in [-0.2, -0.15) is 4.31 Å². The third-order valence-corrected chi connectivity index (χ3v) is 8.30. The Morgan fingerprint density at radius 1 is 1.09 bits per heavy atom. The minimum atomic E-state index is -3.55. The first kappa shape index (κ1) is 22.6. The van der Waals surface area contributed by atoms with E-state index in [0.29, 0.717) is 34.8 Å². The van der Waals surface area contributed by atoms with Crippen LogP contribution in [0.1, 0.15) is 32.6 Å². The van der Waals surface area contributed by atoms with E-state index in [-0.39, 0.29) is 16.5 Å². The lowest BCUT2D eigenvalue weighted by Crippen LogP contribution is -2.32. The molecule has 2 aromatic heterocycles. The molecule has 0 aliphatic carbocycles. The molecule has 1 atom stereocenters. The smallest absolute Gasteiger partial charge is 0.323 e. The van der Waals surface area contributed by atoms with Crippen molar-refractivity contribution < 1.29 is 13.2 Å². The van der Waals surface area contributed by atoms with Crippen LogP contribution >= 0.6 is 11.8 Å². The quantitative estimate of drug-likeness (QED) is 0.470. The molecular formula is C21H25N5O4S2. The minimum absolute atomic E-state index is 0.176. The number of anilines is 1. The third kappa shape index (κ3) is 5.05. The van der Waals surface area contributed by atoms with E-state index >= 15 is 0 Å². The number of rotatable bonds is 6. The SMILES string of the molecule is CC(Sc1ccc(S(=O)(=O)N2CCCCCC2)cn1)C(=O)Nc1ccc2[nH]c(=O)[nH]c2c1. The third-order valence-electron chi connectivity index (χ3n) is 5.36. The molecule has 1 fully saturated rings. The summed E-state index contributed by atoms with van der Waals surface area (Å²) in [5.74, 6) is -0.227. The minimum Gasteiger partial charge on any atom is -0.325 e. The summed E-state index contributed by atoms with van der Waals surface area (Å²) in [4.78, 5) is 33.7. The van der Waals surface area contributed by atoms with Gasteiger partial charge in [-0.05, 0) is 50.1 Å². The van der Waals surface area contributed by atoms with Gasteiger partial charge in [0.15, 0.2) is 0 Å². The molecule has 3 heterocycles. The number of sulfonamides is 1. The van der Waals surface area contributed by atoms with Gasteiger partial charge in [-0.25, -0.2) is 18.2 Å². The number of benzene rings is 1. The zero-order valence-electron chi connectivity index (χ0n) is 17.6. The zero-order chi connectivity index (χ0) is 22.7. The second kappa shape index (κ2) is 9.47. The maximum Gasteiger partial charge on any atom is 0.323 e. The Bertz CT molecular complexity index is 1260. The van der Waals surface area contributed by atoms with E-state index in [0.717, 1.165) is 25.7 Å². The van der Waals surface area contributed by atoms with Crippen molar-refractivity contribution >= 4 is 44.4 Å². The van der Waals surface area contributed by atoms with Crippen molar-refractivity contribution in [1.29, 1.82) is 0 Å². The normalized spacial score (nSPS) is 16.5. The molecule has 0 spiro atoms. The lowest BCUT2D eigenvalue weighted by atomic mass is 10.2. The number of H-pyrrole nitrogens is 2. The van der Waals surface area contributed by atoms with Gasteiger partial charge < -0.3 is 15.3 Å².